The van der Waals surface area contributed by atoms with Crippen LogP contribution in [0.2, 0.25) is 0 Å². The van der Waals surface area contributed by atoms with Gasteiger partial charge in [-0.15, -0.1) is 12.4 Å². The first kappa shape index (κ1) is 18.8. The molecular formula is C20H21ClN6. The van der Waals surface area contributed by atoms with Gasteiger partial charge in [-0.1, -0.05) is 12.1 Å². The summed E-state index contributed by atoms with van der Waals surface area (Å²) in [6, 6.07) is 13.9. The number of pyridine rings is 2. The van der Waals surface area contributed by atoms with E-state index in [1.807, 2.05) is 54.8 Å². The van der Waals surface area contributed by atoms with Crippen LogP contribution in [-0.4, -0.2) is 19.5 Å². The SMILES string of the molecule is Cc1cc2nc(-c3cccnc3N)n(-c3ccc(CN)cc3)c2nc1C.Cl. The minimum Gasteiger partial charge on any atom is -0.383 e. The van der Waals surface area contributed by atoms with Crippen molar-refractivity contribution in [2.24, 2.45) is 5.73 Å². The molecule has 1 aromatic carbocycles. The molecule has 4 aromatic rings. The first-order valence-corrected chi connectivity index (χ1v) is 8.45. The van der Waals surface area contributed by atoms with Crippen molar-refractivity contribution in [3.63, 3.8) is 0 Å². The number of nitrogen functional groups attached to an aromatic ring is 1. The van der Waals surface area contributed by atoms with E-state index in [0.29, 0.717) is 12.4 Å². The Morgan fingerprint density at radius 1 is 1.04 bits per heavy atom. The third-order valence-corrected chi connectivity index (χ3v) is 4.59. The number of aryl methyl sites for hydroxylation is 2. The Morgan fingerprint density at radius 2 is 1.78 bits per heavy atom. The van der Waals surface area contributed by atoms with Crippen LogP contribution in [0.5, 0.6) is 0 Å². The molecule has 27 heavy (non-hydrogen) atoms. The van der Waals surface area contributed by atoms with E-state index < -0.39 is 0 Å². The van der Waals surface area contributed by atoms with Crippen LogP contribution >= 0.6 is 12.4 Å². The zero-order valence-corrected chi connectivity index (χ0v) is 16.0. The van der Waals surface area contributed by atoms with Crippen molar-refractivity contribution in [1.29, 1.82) is 0 Å². The lowest BCUT2D eigenvalue weighted by Gasteiger charge is -2.11. The maximum absolute atomic E-state index is 6.13. The molecule has 0 amide bonds. The summed E-state index contributed by atoms with van der Waals surface area (Å²) in [5, 5.41) is 0. The molecule has 3 heterocycles. The normalized spacial score (nSPS) is 10.8. The number of nitrogens with two attached hydrogens (primary N) is 2. The van der Waals surface area contributed by atoms with E-state index in [1.54, 1.807) is 6.20 Å². The summed E-state index contributed by atoms with van der Waals surface area (Å²) in [4.78, 5) is 13.8. The molecule has 4 N–H and O–H groups in total. The van der Waals surface area contributed by atoms with Crippen molar-refractivity contribution in [1.82, 2.24) is 19.5 Å². The van der Waals surface area contributed by atoms with Crippen molar-refractivity contribution in [3.8, 4) is 17.1 Å². The molecule has 0 aliphatic carbocycles. The van der Waals surface area contributed by atoms with E-state index in [1.165, 1.54) is 0 Å². The van der Waals surface area contributed by atoms with Crippen LogP contribution in [-0.2, 0) is 6.54 Å². The zero-order valence-electron chi connectivity index (χ0n) is 15.2. The fraction of sp³-hybridized carbons (Fsp3) is 0.150. The lowest BCUT2D eigenvalue weighted by Crippen LogP contribution is -2.03. The number of nitrogens with zero attached hydrogens (tertiary/aromatic N) is 4. The minimum absolute atomic E-state index is 0. The van der Waals surface area contributed by atoms with Gasteiger partial charge in [0.05, 0.1) is 5.56 Å². The Hall–Kier alpha value is -2.96. The monoisotopic (exact) mass is 380 g/mol. The number of fused-ring (bicyclic) bond motifs is 1. The number of hydrogen-bond acceptors (Lipinski definition) is 5. The summed E-state index contributed by atoms with van der Waals surface area (Å²) in [6.45, 7) is 4.54. The lowest BCUT2D eigenvalue weighted by molar-refractivity contribution is 1.04. The standard InChI is InChI=1S/C20H20N6.ClH/c1-12-10-17-20(24-13(12)2)26(15-7-5-14(11-21)6-8-15)19(25-17)16-4-3-9-23-18(16)22;/h3-10H,11,21H2,1-2H3,(H2,22,23);1H. The lowest BCUT2D eigenvalue weighted by atomic mass is 10.2. The van der Waals surface area contributed by atoms with Crippen molar-refractivity contribution < 1.29 is 0 Å². The summed E-state index contributed by atoms with van der Waals surface area (Å²) < 4.78 is 2.02. The zero-order chi connectivity index (χ0) is 18.3. The summed E-state index contributed by atoms with van der Waals surface area (Å²) >= 11 is 0. The Labute approximate surface area is 163 Å². The highest BCUT2D eigenvalue weighted by Crippen LogP contribution is 2.30. The second-order valence-corrected chi connectivity index (χ2v) is 6.31. The number of aromatic nitrogens is 4. The smallest absolute Gasteiger partial charge is 0.165 e. The molecule has 3 aromatic heterocycles. The van der Waals surface area contributed by atoms with Crippen molar-refractivity contribution >= 4 is 29.4 Å². The van der Waals surface area contributed by atoms with Crippen molar-refractivity contribution in [2.75, 3.05) is 5.73 Å². The molecule has 6 nitrogen and oxygen atoms in total. The van der Waals surface area contributed by atoms with E-state index in [0.717, 1.165) is 45.1 Å². The topological polar surface area (TPSA) is 95.6 Å². The highest BCUT2D eigenvalue weighted by Gasteiger charge is 2.18. The van der Waals surface area contributed by atoms with Crippen LogP contribution in [0.1, 0.15) is 16.8 Å². The fourth-order valence-corrected chi connectivity index (χ4v) is 3.00. The van der Waals surface area contributed by atoms with Crippen LogP contribution in [0, 0.1) is 13.8 Å². The molecule has 0 bridgehead atoms. The number of hydrogen-bond donors (Lipinski definition) is 2. The van der Waals surface area contributed by atoms with Crippen LogP contribution in [0.15, 0.2) is 48.7 Å². The minimum atomic E-state index is 0. The highest BCUT2D eigenvalue weighted by molar-refractivity contribution is 5.85. The van der Waals surface area contributed by atoms with Gasteiger partial charge in [0.1, 0.15) is 11.3 Å². The van der Waals surface area contributed by atoms with Crippen LogP contribution in [0.3, 0.4) is 0 Å². The Bertz CT molecular complexity index is 1100. The quantitative estimate of drug-likeness (QED) is 0.566. The van der Waals surface area contributed by atoms with E-state index in [9.17, 15) is 0 Å². The van der Waals surface area contributed by atoms with Gasteiger partial charge < -0.3 is 11.5 Å². The highest BCUT2D eigenvalue weighted by atomic mass is 35.5. The Morgan fingerprint density at radius 3 is 2.44 bits per heavy atom. The van der Waals surface area contributed by atoms with Gasteiger partial charge in [-0.25, -0.2) is 15.0 Å². The first-order chi connectivity index (χ1) is 12.6. The van der Waals surface area contributed by atoms with Gasteiger partial charge in [0.25, 0.3) is 0 Å². The second-order valence-electron chi connectivity index (χ2n) is 6.31. The summed E-state index contributed by atoms with van der Waals surface area (Å²) in [6.07, 6.45) is 1.68. The van der Waals surface area contributed by atoms with Gasteiger partial charge >= 0.3 is 0 Å². The number of anilines is 1. The average molecular weight is 381 g/mol. The number of halogens is 1. The molecule has 0 fully saturated rings. The first-order valence-electron chi connectivity index (χ1n) is 8.45. The number of rotatable bonds is 3. The van der Waals surface area contributed by atoms with E-state index in [2.05, 4.69) is 11.1 Å². The molecule has 0 atom stereocenters. The van der Waals surface area contributed by atoms with Gasteiger partial charge in [-0.05, 0) is 55.3 Å². The molecular weight excluding hydrogens is 360 g/mol. The largest absolute Gasteiger partial charge is 0.383 e. The van der Waals surface area contributed by atoms with E-state index in [-0.39, 0.29) is 12.4 Å². The van der Waals surface area contributed by atoms with Crippen LogP contribution in [0.25, 0.3) is 28.2 Å². The van der Waals surface area contributed by atoms with Gasteiger partial charge in [-0.2, -0.15) is 0 Å². The molecule has 4 rings (SSSR count). The summed E-state index contributed by atoms with van der Waals surface area (Å²) in [5.74, 6) is 1.17. The number of benzene rings is 1. The predicted octanol–water partition coefficient (Wildman–Crippen LogP) is 3.56. The number of imidazole rings is 1. The van der Waals surface area contributed by atoms with Gasteiger partial charge in [0.2, 0.25) is 0 Å². The summed E-state index contributed by atoms with van der Waals surface area (Å²) in [7, 11) is 0. The van der Waals surface area contributed by atoms with Gasteiger partial charge in [0.15, 0.2) is 11.5 Å². The summed E-state index contributed by atoms with van der Waals surface area (Å²) in [5.41, 5.74) is 18.4. The van der Waals surface area contributed by atoms with Crippen molar-refractivity contribution in [3.05, 3.63) is 65.5 Å². The Kier molecular flexibility index (Phi) is 5.12. The van der Waals surface area contributed by atoms with E-state index in [4.69, 9.17) is 21.4 Å². The fourth-order valence-electron chi connectivity index (χ4n) is 3.00. The molecule has 0 aliphatic rings. The molecule has 0 unspecified atom stereocenters. The second kappa shape index (κ2) is 7.34. The third-order valence-electron chi connectivity index (χ3n) is 4.59. The van der Waals surface area contributed by atoms with Gasteiger partial charge in [-0.3, -0.25) is 4.57 Å². The molecule has 0 spiro atoms. The van der Waals surface area contributed by atoms with Crippen LogP contribution in [0.4, 0.5) is 5.82 Å². The molecule has 0 saturated heterocycles. The maximum Gasteiger partial charge on any atom is 0.165 e. The maximum atomic E-state index is 6.13. The van der Waals surface area contributed by atoms with Crippen LogP contribution < -0.4 is 11.5 Å². The molecule has 138 valence electrons. The molecule has 0 aliphatic heterocycles. The molecule has 0 saturated carbocycles. The average Bonchev–Trinajstić information content (AvgIpc) is 3.00. The third kappa shape index (κ3) is 3.25. The molecule has 0 radical (unpaired) electrons. The van der Waals surface area contributed by atoms with E-state index >= 15 is 0 Å². The van der Waals surface area contributed by atoms with Gasteiger partial charge in [0, 0.05) is 24.1 Å². The predicted molar refractivity (Wildman–Crippen MR) is 111 cm³/mol. The van der Waals surface area contributed by atoms with Crippen molar-refractivity contribution in [2.45, 2.75) is 20.4 Å². The molecule has 7 heteroatoms. The Balaban J connectivity index is 0.00000210.